The third-order valence-corrected chi connectivity index (χ3v) is 3.33. The first-order valence-corrected chi connectivity index (χ1v) is 5.93. The first-order chi connectivity index (χ1) is 8.79. The molecule has 1 unspecified atom stereocenters. The highest BCUT2D eigenvalue weighted by Crippen LogP contribution is 2.25. The topological polar surface area (TPSA) is 72.8 Å². The fourth-order valence-corrected chi connectivity index (χ4v) is 2.37. The smallest absolute Gasteiger partial charge is 0.309 e. The summed E-state index contributed by atoms with van der Waals surface area (Å²) < 4.78 is 6.84. The summed E-state index contributed by atoms with van der Waals surface area (Å²) in [6.07, 6.45) is 3.23. The van der Waals surface area contributed by atoms with Crippen LogP contribution in [0, 0.1) is 5.92 Å². The SMILES string of the molecule is COC(=O)C1CCn2c(nnc2-c2ccc[nH]2)C1. The molecule has 1 aliphatic heterocycles. The van der Waals surface area contributed by atoms with Crippen molar-refractivity contribution in [2.45, 2.75) is 19.4 Å². The number of hydrogen-bond donors (Lipinski definition) is 1. The molecule has 0 aliphatic carbocycles. The third kappa shape index (κ3) is 1.70. The fourth-order valence-electron chi connectivity index (χ4n) is 2.37. The number of ether oxygens (including phenoxy) is 1. The lowest BCUT2D eigenvalue weighted by Gasteiger charge is -2.21. The van der Waals surface area contributed by atoms with E-state index in [0.717, 1.165) is 30.3 Å². The van der Waals surface area contributed by atoms with Crippen LogP contribution < -0.4 is 0 Å². The molecule has 1 atom stereocenters. The van der Waals surface area contributed by atoms with E-state index in [1.165, 1.54) is 7.11 Å². The standard InChI is InChI=1S/C12H14N4O2/c1-18-12(17)8-4-6-16-10(7-8)14-15-11(16)9-3-2-5-13-9/h2-3,5,8,13H,4,6-7H2,1H3. The number of nitrogens with zero attached hydrogens (tertiary/aromatic N) is 3. The summed E-state index contributed by atoms with van der Waals surface area (Å²) in [5, 5.41) is 8.35. The van der Waals surface area contributed by atoms with Crippen LogP contribution in [-0.2, 0) is 22.5 Å². The summed E-state index contributed by atoms with van der Waals surface area (Å²) in [6.45, 7) is 0.746. The molecule has 6 nitrogen and oxygen atoms in total. The van der Waals surface area contributed by atoms with Gasteiger partial charge >= 0.3 is 5.97 Å². The molecule has 0 spiro atoms. The van der Waals surface area contributed by atoms with Gasteiger partial charge in [-0.25, -0.2) is 0 Å². The van der Waals surface area contributed by atoms with Crippen molar-refractivity contribution in [3.63, 3.8) is 0 Å². The quantitative estimate of drug-likeness (QED) is 0.802. The van der Waals surface area contributed by atoms with E-state index in [9.17, 15) is 4.79 Å². The lowest BCUT2D eigenvalue weighted by molar-refractivity contribution is -0.146. The second-order valence-electron chi connectivity index (χ2n) is 4.39. The molecule has 18 heavy (non-hydrogen) atoms. The van der Waals surface area contributed by atoms with Crippen molar-refractivity contribution in [2.24, 2.45) is 5.92 Å². The number of hydrogen-bond acceptors (Lipinski definition) is 4. The number of rotatable bonds is 2. The predicted molar refractivity (Wildman–Crippen MR) is 63.6 cm³/mol. The van der Waals surface area contributed by atoms with E-state index in [0.29, 0.717) is 6.42 Å². The van der Waals surface area contributed by atoms with Gasteiger partial charge in [-0.15, -0.1) is 10.2 Å². The molecule has 0 aromatic carbocycles. The Labute approximate surface area is 104 Å². The van der Waals surface area contributed by atoms with Crippen molar-refractivity contribution < 1.29 is 9.53 Å². The van der Waals surface area contributed by atoms with E-state index in [4.69, 9.17) is 4.74 Å². The van der Waals surface area contributed by atoms with E-state index in [1.807, 2.05) is 18.3 Å². The molecule has 2 aromatic rings. The fraction of sp³-hybridized carbons (Fsp3) is 0.417. The molecule has 0 fully saturated rings. The highest BCUT2D eigenvalue weighted by Gasteiger charge is 2.28. The molecule has 6 heteroatoms. The van der Waals surface area contributed by atoms with E-state index in [2.05, 4.69) is 19.7 Å². The van der Waals surface area contributed by atoms with Gasteiger partial charge in [0.05, 0.1) is 18.7 Å². The molecule has 94 valence electrons. The minimum atomic E-state index is -0.161. The van der Waals surface area contributed by atoms with Gasteiger partial charge in [0, 0.05) is 19.2 Å². The van der Waals surface area contributed by atoms with Crippen LogP contribution in [0.5, 0.6) is 0 Å². The Bertz CT molecular complexity index is 559. The first kappa shape index (κ1) is 11.0. The molecule has 0 radical (unpaired) electrons. The van der Waals surface area contributed by atoms with Crippen LogP contribution in [0.15, 0.2) is 18.3 Å². The minimum Gasteiger partial charge on any atom is -0.469 e. The Kier molecular flexibility index (Phi) is 2.62. The van der Waals surface area contributed by atoms with Crippen molar-refractivity contribution in [3.05, 3.63) is 24.2 Å². The zero-order valence-corrected chi connectivity index (χ0v) is 10.1. The van der Waals surface area contributed by atoms with E-state index in [-0.39, 0.29) is 11.9 Å². The Morgan fingerprint density at radius 1 is 1.56 bits per heavy atom. The van der Waals surface area contributed by atoms with Gasteiger partial charge in [0.25, 0.3) is 0 Å². The Morgan fingerprint density at radius 3 is 3.17 bits per heavy atom. The van der Waals surface area contributed by atoms with Crippen LogP contribution in [0.25, 0.3) is 11.5 Å². The average Bonchev–Trinajstić information content (AvgIpc) is 3.05. The van der Waals surface area contributed by atoms with Gasteiger partial charge < -0.3 is 14.3 Å². The summed E-state index contributed by atoms with van der Waals surface area (Å²) in [5.74, 6) is 1.42. The maximum atomic E-state index is 11.5. The molecule has 0 saturated heterocycles. The zero-order valence-electron chi connectivity index (χ0n) is 10.1. The summed E-state index contributed by atoms with van der Waals surface area (Å²) in [5.41, 5.74) is 0.949. The maximum Gasteiger partial charge on any atom is 0.309 e. The number of nitrogens with one attached hydrogen (secondary N) is 1. The number of fused-ring (bicyclic) bond motifs is 1. The molecule has 2 aromatic heterocycles. The van der Waals surface area contributed by atoms with Crippen molar-refractivity contribution in [1.29, 1.82) is 0 Å². The molecule has 1 aliphatic rings. The highest BCUT2D eigenvalue weighted by atomic mass is 16.5. The largest absolute Gasteiger partial charge is 0.469 e. The Hall–Kier alpha value is -2.11. The third-order valence-electron chi connectivity index (χ3n) is 3.33. The monoisotopic (exact) mass is 246 g/mol. The van der Waals surface area contributed by atoms with Crippen LogP contribution >= 0.6 is 0 Å². The van der Waals surface area contributed by atoms with Crippen molar-refractivity contribution >= 4 is 5.97 Å². The lowest BCUT2D eigenvalue weighted by Crippen LogP contribution is -2.27. The highest BCUT2D eigenvalue weighted by molar-refractivity contribution is 5.72. The van der Waals surface area contributed by atoms with Gasteiger partial charge in [-0.05, 0) is 18.6 Å². The van der Waals surface area contributed by atoms with Gasteiger partial charge in [0.1, 0.15) is 5.82 Å². The Balaban J connectivity index is 1.89. The molecule has 1 N–H and O–H groups in total. The number of esters is 1. The van der Waals surface area contributed by atoms with E-state index in [1.54, 1.807) is 0 Å². The summed E-state index contributed by atoms with van der Waals surface area (Å²) in [7, 11) is 1.42. The molecule has 0 amide bonds. The second kappa shape index (κ2) is 4.29. The zero-order chi connectivity index (χ0) is 12.5. The number of methoxy groups -OCH3 is 1. The van der Waals surface area contributed by atoms with Gasteiger partial charge in [0.15, 0.2) is 5.82 Å². The molecule has 3 heterocycles. The summed E-state index contributed by atoms with van der Waals surface area (Å²) >= 11 is 0. The van der Waals surface area contributed by atoms with Crippen LogP contribution in [0.4, 0.5) is 0 Å². The van der Waals surface area contributed by atoms with Gasteiger partial charge in [-0.1, -0.05) is 0 Å². The van der Waals surface area contributed by atoms with Crippen molar-refractivity contribution in [2.75, 3.05) is 7.11 Å². The van der Waals surface area contributed by atoms with Crippen LogP contribution in [-0.4, -0.2) is 32.8 Å². The summed E-state index contributed by atoms with van der Waals surface area (Å²) in [6, 6.07) is 3.89. The second-order valence-corrected chi connectivity index (χ2v) is 4.39. The Morgan fingerprint density at radius 2 is 2.44 bits per heavy atom. The normalized spacial score (nSPS) is 18.4. The molecule has 3 rings (SSSR count). The maximum absolute atomic E-state index is 11.5. The predicted octanol–water partition coefficient (Wildman–Crippen LogP) is 1.01. The van der Waals surface area contributed by atoms with Gasteiger partial charge in [-0.2, -0.15) is 0 Å². The van der Waals surface area contributed by atoms with E-state index >= 15 is 0 Å². The molecular weight excluding hydrogens is 232 g/mol. The minimum absolute atomic E-state index is 0.0943. The van der Waals surface area contributed by atoms with E-state index < -0.39 is 0 Å². The van der Waals surface area contributed by atoms with Gasteiger partial charge in [-0.3, -0.25) is 4.79 Å². The summed E-state index contributed by atoms with van der Waals surface area (Å²) in [4.78, 5) is 14.6. The average molecular weight is 246 g/mol. The molecule has 0 bridgehead atoms. The van der Waals surface area contributed by atoms with Crippen molar-refractivity contribution in [3.8, 4) is 11.5 Å². The number of aromatic amines is 1. The number of carbonyl (C=O) groups excluding carboxylic acids is 1. The van der Waals surface area contributed by atoms with Crippen LogP contribution in [0.3, 0.4) is 0 Å². The van der Waals surface area contributed by atoms with Crippen LogP contribution in [0.1, 0.15) is 12.2 Å². The molecule has 0 saturated carbocycles. The van der Waals surface area contributed by atoms with Crippen LogP contribution in [0.2, 0.25) is 0 Å². The number of H-pyrrole nitrogens is 1. The van der Waals surface area contributed by atoms with Crippen molar-refractivity contribution in [1.82, 2.24) is 19.7 Å². The number of carbonyl (C=O) groups is 1. The lowest BCUT2D eigenvalue weighted by atomic mass is 9.98. The van der Waals surface area contributed by atoms with Gasteiger partial charge in [0.2, 0.25) is 0 Å². The molecular formula is C12H14N4O2. The first-order valence-electron chi connectivity index (χ1n) is 5.93. The number of aromatic nitrogens is 4.